The summed E-state index contributed by atoms with van der Waals surface area (Å²) in [6, 6.07) is 0.864. The van der Waals surface area contributed by atoms with Crippen LogP contribution in [0.15, 0.2) is 0 Å². The third kappa shape index (κ3) is 5.61. The summed E-state index contributed by atoms with van der Waals surface area (Å²) >= 11 is 0. The van der Waals surface area contributed by atoms with Crippen LogP contribution in [-0.2, 0) is 4.74 Å². The van der Waals surface area contributed by atoms with Crippen molar-refractivity contribution in [3.63, 3.8) is 0 Å². The van der Waals surface area contributed by atoms with Crippen molar-refractivity contribution in [3.05, 3.63) is 0 Å². The smallest absolute Gasteiger partial charge is 0.0462 e. The first-order valence-electron chi connectivity index (χ1n) is 6.09. The van der Waals surface area contributed by atoms with Gasteiger partial charge in [0.2, 0.25) is 0 Å². The molecule has 1 atom stereocenters. The first-order chi connectivity index (χ1) is 6.86. The van der Waals surface area contributed by atoms with Crippen molar-refractivity contribution in [2.75, 3.05) is 20.3 Å². The quantitative estimate of drug-likeness (QED) is 0.576. The van der Waals surface area contributed by atoms with Crippen LogP contribution >= 0.6 is 0 Å². The van der Waals surface area contributed by atoms with E-state index < -0.39 is 0 Å². The van der Waals surface area contributed by atoms with E-state index in [0.29, 0.717) is 0 Å². The third-order valence-electron chi connectivity index (χ3n) is 3.06. The van der Waals surface area contributed by atoms with Crippen LogP contribution in [0.25, 0.3) is 0 Å². The van der Waals surface area contributed by atoms with Gasteiger partial charge in [0, 0.05) is 19.8 Å². The molecule has 14 heavy (non-hydrogen) atoms. The van der Waals surface area contributed by atoms with Gasteiger partial charge in [-0.15, -0.1) is 0 Å². The number of hydrogen-bond donors (Lipinski definition) is 1. The van der Waals surface area contributed by atoms with Gasteiger partial charge in [-0.1, -0.05) is 19.8 Å². The van der Waals surface area contributed by atoms with Gasteiger partial charge in [-0.3, -0.25) is 0 Å². The summed E-state index contributed by atoms with van der Waals surface area (Å²) < 4.78 is 5.05. The monoisotopic (exact) mass is 199 g/mol. The molecule has 1 unspecified atom stereocenters. The molecule has 0 aromatic carbocycles. The predicted molar refractivity (Wildman–Crippen MR) is 60.5 cm³/mol. The van der Waals surface area contributed by atoms with Crippen LogP contribution in [0.4, 0.5) is 0 Å². The molecule has 0 spiro atoms. The fourth-order valence-electron chi connectivity index (χ4n) is 1.75. The first-order valence-corrected chi connectivity index (χ1v) is 6.09. The van der Waals surface area contributed by atoms with E-state index in [1.165, 1.54) is 45.1 Å². The summed E-state index contributed by atoms with van der Waals surface area (Å²) in [6.07, 6.45) is 8.02. The van der Waals surface area contributed by atoms with Crippen molar-refractivity contribution in [2.24, 2.45) is 5.92 Å². The topological polar surface area (TPSA) is 21.3 Å². The standard InChI is InChI=1S/C12H25NO/c1-3-11(6-4-5-9-14-2)10-13-12-7-8-12/h11-13H,3-10H2,1-2H3. The number of ether oxygens (including phenoxy) is 1. The van der Waals surface area contributed by atoms with Gasteiger partial charge in [0.05, 0.1) is 0 Å². The molecule has 0 heterocycles. The summed E-state index contributed by atoms with van der Waals surface area (Å²) in [4.78, 5) is 0. The lowest BCUT2D eigenvalue weighted by Gasteiger charge is -2.15. The summed E-state index contributed by atoms with van der Waals surface area (Å²) in [5.74, 6) is 0.882. The summed E-state index contributed by atoms with van der Waals surface area (Å²) in [6.45, 7) is 4.45. The van der Waals surface area contributed by atoms with E-state index in [1.54, 1.807) is 7.11 Å². The molecular weight excluding hydrogens is 174 g/mol. The molecule has 0 aliphatic heterocycles. The molecule has 0 saturated heterocycles. The van der Waals surface area contributed by atoms with Gasteiger partial charge in [0.25, 0.3) is 0 Å². The first kappa shape index (κ1) is 12.0. The second kappa shape index (κ2) is 7.24. The molecule has 0 aromatic rings. The van der Waals surface area contributed by atoms with Crippen LogP contribution in [0.1, 0.15) is 45.4 Å². The molecule has 1 aliphatic rings. The molecule has 0 radical (unpaired) electrons. The van der Waals surface area contributed by atoms with Crippen molar-refractivity contribution in [1.82, 2.24) is 5.32 Å². The lowest BCUT2D eigenvalue weighted by atomic mass is 9.99. The lowest BCUT2D eigenvalue weighted by molar-refractivity contribution is 0.190. The molecule has 0 aromatic heterocycles. The molecule has 2 nitrogen and oxygen atoms in total. The van der Waals surface area contributed by atoms with Gasteiger partial charge in [0.1, 0.15) is 0 Å². The Morgan fingerprint density at radius 1 is 1.36 bits per heavy atom. The highest BCUT2D eigenvalue weighted by atomic mass is 16.5. The van der Waals surface area contributed by atoms with Crippen LogP contribution in [0, 0.1) is 5.92 Å². The zero-order chi connectivity index (χ0) is 10.2. The highest BCUT2D eigenvalue weighted by Crippen LogP contribution is 2.20. The summed E-state index contributed by atoms with van der Waals surface area (Å²) in [7, 11) is 1.78. The Morgan fingerprint density at radius 2 is 2.14 bits per heavy atom. The highest BCUT2D eigenvalue weighted by Gasteiger charge is 2.21. The van der Waals surface area contributed by atoms with Gasteiger partial charge in [-0.05, 0) is 38.1 Å². The van der Waals surface area contributed by atoms with E-state index in [2.05, 4.69) is 12.2 Å². The lowest BCUT2D eigenvalue weighted by Crippen LogP contribution is -2.24. The number of rotatable bonds is 9. The Hall–Kier alpha value is -0.0800. The van der Waals surface area contributed by atoms with Gasteiger partial charge in [0.15, 0.2) is 0 Å². The second-order valence-corrected chi connectivity index (χ2v) is 4.45. The molecular formula is C12H25NO. The Labute approximate surface area is 88.4 Å². The molecule has 1 saturated carbocycles. The summed E-state index contributed by atoms with van der Waals surface area (Å²) in [5, 5.41) is 3.62. The van der Waals surface area contributed by atoms with E-state index >= 15 is 0 Å². The number of methoxy groups -OCH3 is 1. The van der Waals surface area contributed by atoms with E-state index in [4.69, 9.17) is 4.74 Å². The fourth-order valence-corrected chi connectivity index (χ4v) is 1.75. The van der Waals surface area contributed by atoms with Crippen molar-refractivity contribution in [1.29, 1.82) is 0 Å². The van der Waals surface area contributed by atoms with Gasteiger partial charge in [-0.25, -0.2) is 0 Å². The Morgan fingerprint density at radius 3 is 2.71 bits per heavy atom. The van der Waals surface area contributed by atoms with Crippen LogP contribution in [-0.4, -0.2) is 26.3 Å². The maximum Gasteiger partial charge on any atom is 0.0462 e. The van der Waals surface area contributed by atoms with Crippen LogP contribution in [0.5, 0.6) is 0 Å². The molecule has 1 fully saturated rings. The van der Waals surface area contributed by atoms with Crippen molar-refractivity contribution in [2.45, 2.75) is 51.5 Å². The molecule has 1 aliphatic carbocycles. The minimum absolute atomic E-state index is 0.864. The predicted octanol–water partition coefficient (Wildman–Crippen LogP) is 2.58. The average molecular weight is 199 g/mol. The minimum Gasteiger partial charge on any atom is -0.385 e. The Bertz CT molecular complexity index is 134. The van der Waals surface area contributed by atoms with Crippen molar-refractivity contribution >= 4 is 0 Å². The maximum absolute atomic E-state index is 5.05. The third-order valence-corrected chi connectivity index (χ3v) is 3.06. The van der Waals surface area contributed by atoms with Gasteiger partial charge in [-0.2, -0.15) is 0 Å². The highest BCUT2D eigenvalue weighted by molar-refractivity contribution is 4.81. The number of nitrogens with one attached hydrogen (secondary N) is 1. The molecule has 0 amide bonds. The molecule has 84 valence electrons. The van der Waals surface area contributed by atoms with Gasteiger partial charge < -0.3 is 10.1 Å². The average Bonchev–Trinajstić information content (AvgIpc) is 3.01. The molecule has 1 rings (SSSR count). The van der Waals surface area contributed by atoms with Crippen molar-refractivity contribution < 1.29 is 4.74 Å². The van der Waals surface area contributed by atoms with Crippen molar-refractivity contribution in [3.8, 4) is 0 Å². The largest absolute Gasteiger partial charge is 0.385 e. The number of unbranched alkanes of at least 4 members (excludes halogenated alkanes) is 1. The Kier molecular flexibility index (Phi) is 6.20. The van der Waals surface area contributed by atoms with E-state index in [9.17, 15) is 0 Å². The van der Waals surface area contributed by atoms with E-state index in [0.717, 1.165) is 18.6 Å². The molecule has 1 N–H and O–H groups in total. The van der Waals surface area contributed by atoms with E-state index in [-0.39, 0.29) is 0 Å². The SMILES string of the molecule is CCC(CCCCOC)CNC1CC1. The van der Waals surface area contributed by atoms with Crippen LogP contribution in [0.2, 0.25) is 0 Å². The minimum atomic E-state index is 0.864. The maximum atomic E-state index is 5.05. The molecule has 0 bridgehead atoms. The number of hydrogen-bond acceptors (Lipinski definition) is 2. The van der Waals surface area contributed by atoms with E-state index in [1.807, 2.05) is 0 Å². The van der Waals surface area contributed by atoms with Crippen LogP contribution < -0.4 is 5.32 Å². The zero-order valence-corrected chi connectivity index (χ0v) is 9.72. The zero-order valence-electron chi connectivity index (χ0n) is 9.72. The van der Waals surface area contributed by atoms with Gasteiger partial charge >= 0.3 is 0 Å². The summed E-state index contributed by atoms with van der Waals surface area (Å²) in [5.41, 5.74) is 0. The Balaban J connectivity index is 1.93. The molecule has 2 heteroatoms. The second-order valence-electron chi connectivity index (χ2n) is 4.45. The fraction of sp³-hybridized carbons (Fsp3) is 1.00. The van der Waals surface area contributed by atoms with Crippen LogP contribution in [0.3, 0.4) is 0 Å². The normalized spacial score (nSPS) is 18.4.